The number of Topliss-reactive ketones (excluding diaryl/α,β-unsaturated/α-hetero) is 1. The molecule has 1 fully saturated rings. The van der Waals surface area contributed by atoms with Crippen molar-refractivity contribution in [1.82, 2.24) is 0 Å². The van der Waals surface area contributed by atoms with Crippen LogP contribution in [0.2, 0.25) is 0 Å². The molecule has 1 aromatic rings. The van der Waals surface area contributed by atoms with Gasteiger partial charge in [0, 0.05) is 22.2 Å². The van der Waals surface area contributed by atoms with Crippen LogP contribution >= 0.6 is 15.9 Å². The molecule has 1 atom stereocenters. The summed E-state index contributed by atoms with van der Waals surface area (Å²) >= 11 is 3.50. The average molecular weight is 281 g/mol. The Hall–Kier alpha value is -0.630. The van der Waals surface area contributed by atoms with Crippen LogP contribution in [-0.4, -0.2) is 5.78 Å². The van der Waals surface area contributed by atoms with E-state index < -0.39 is 0 Å². The van der Waals surface area contributed by atoms with Gasteiger partial charge in [0.25, 0.3) is 0 Å². The third kappa shape index (κ3) is 1.64. The summed E-state index contributed by atoms with van der Waals surface area (Å²) in [4.78, 5) is 11.9. The lowest BCUT2D eigenvalue weighted by atomic mass is 9.54. The normalized spacial score (nSPS) is 22.9. The minimum absolute atomic E-state index is 0.0825. The third-order valence-corrected chi connectivity index (χ3v) is 4.62. The standard InChI is InChI=1S/C14H17BrO/c1-3-14(4-2)12(9-13(14)16)10-6-5-7-11(15)8-10/h5-8,12H,3-4,9H2,1-2H3. The first-order valence-corrected chi connectivity index (χ1v) is 6.72. The monoisotopic (exact) mass is 280 g/mol. The maximum Gasteiger partial charge on any atom is 0.140 e. The summed E-state index contributed by atoms with van der Waals surface area (Å²) in [6.45, 7) is 4.26. The van der Waals surface area contributed by atoms with Gasteiger partial charge in [-0.2, -0.15) is 0 Å². The quantitative estimate of drug-likeness (QED) is 0.806. The first-order chi connectivity index (χ1) is 7.64. The summed E-state index contributed by atoms with van der Waals surface area (Å²) in [6, 6.07) is 8.38. The largest absolute Gasteiger partial charge is 0.299 e. The molecule has 86 valence electrons. The lowest BCUT2D eigenvalue weighted by molar-refractivity contribution is -0.141. The Morgan fingerprint density at radius 3 is 2.56 bits per heavy atom. The van der Waals surface area contributed by atoms with E-state index in [1.54, 1.807) is 0 Å². The molecule has 0 N–H and O–H groups in total. The van der Waals surface area contributed by atoms with Crippen molar-refractivity contribution < 1.29 is 4.79 Å². The zero-order chi connectivity index (χ0) is 11.8. The maximum atomic E-state index is 11.9. The summed E-state index contributed by atoms with van der Waals surface area (Å²) < 4.78 is 1.10. The van der Waals surface area contributed by atoms with E-state index in [0.717, 1.165) is 23.7 Å². The highest BCUT2D eigenvalue weighted by atomic mass is 79.9. The van der Waals surface area contributed by atoms with Crippen molar-refractivity contribution in [2.45, 2.75) is 39.0 Å². The second-order valence-electron chi connectivity index (χ2n) is 4.60. The second kappa shape index (κ2) is 4.33. The maximum absolute atomic E-state index is 11.9. The van der Waals surface area contributed by atoms with Gasteiger partial charge in [0.15, 0.2) is 0 Å². The fourth-order valence-corrected chi connectivity index (χ4v) is 3.36. The summed E-state index contributed by atoms with van der Waals surface area (Å²) in [5.74, 6) is 0.870. The van der Waals surface area contributed by atoms with Crippen LogP contribution in [0.1, 0.15) is 44.6 Å². The third-order valence-electron chi connectivity index (χ3n) is 4.12. The van der Waals surface area contributed by atoms with E-state index in [9.17, 15) is 4.79 Å². The van der Waals surface area contributed by atoms with Crippen LogP contribution in [0, 0.1) is 5.41 Å². The lowest BCUT2D eigenvalue weighted by Crippen LogP contribution is -2.47. The van der Waals surface area contributed by atoms with E-state index in [2.05, 4.69) is 48.0 Å². The summed E-state index contributed by atoms with van der Waals surface area (Å²) in [7, 11) is 0. The Morgan fingerprint density at radius 1 is 1.38 bits per heavy atom. The van der Waals surface area contributed by atoms with Gasteiger partial charge in [0.2, 0.25) is 0 Å². The van der Waals surface area contributed by atoms with Crippen LogP contribution in [0.15, 0.2) is 28.7 Å². The van der Waals surface area contributed by atoms with Gasteiger partial charge in [-0.05, 0) is 30.5 Å². The molecular formula is C14H17BrO. The van der Waals surface area contributed by atoms with E-state index in [-0.39, 0.29) is 5.41 Å². The highest BCUT2D eigenvalue weighted by Crippen LogP contribution is 2.54. The van der Waals surface area contributed by atoms with E-state index >= 15 is 0 Å². The molecule has 1 unspecified atom stereocenters. The first-order valence-electron chi connectivity index (χ1n) is 5.92. The average Bonchev–Trinajstić information content (AvgIpc) is 2.27. The topological polar surface area (TPSA) is 17.1 Å². The first kappa shape index (κ1) is 11.8. The summed E-state index contributed by atoms with van der Waals surface area (Å²) in [5, 5.41) is 0. The Bertz CT molecular complexity index is 407. The molecule has 0 bridgehead atoms. The van der Waals surface area contributed by atoms with Crippen LogP contribution in [0.3, 0.4) is 0 Å². The van der Waals surface area contributed by atoms with Crippen molar-refractivity contribution in [3.05, 3.63) is 34.3 Å². The van der Waals surface area contributed by atoms with Crippen molar-refractivity contribution >= 4 is 21.7 Å². The van der Waals surface area contributed by atoms with E-state index in [1.807, 2.05) is 6.07 Å². The van der Waals surface area contributed by atoms with Crippen LogP contribution in [-0.2, 0) is 4.79 Å². The smallest absolute Gasteiger partial charge is 0.140 e. The summed E-state index contributed by atoms with van der Waals surface area (Å²) in [5.41, 5.74) is 1.22. The van der Waals surface area contributed by atoms with Gasteiger partial charge in [-0.1, -0.05) is 41.9 Å². The molecule has 1 aromatic carbocycles. The SMILES string of the molecule is CCC1(CC)C(=O)CC1c1cccc(Br)c1. The number of ketones is 1. The molecule has 2 rings (SSSR count). The van der Waals surface area contributed by atoms with E-state index in [1.165, 1.54) is 5.56 Å². The molecule has 0 heterocycles. The molecular weight excluding hydrogens is 264 g/mol. The number of halogens is 1. The fourth-order valence-electron chi connectivity index (χ4n) is 2.94. The highest BCUT2D eigenvalue weighted by Gasteiger charge is 2.52. The van der Waals surface area contributed by atoms with Crippen molar-refractivity contribution in [3.63, 3.8) is 0 Å². The predicted molar refractivity (Wildman–Crippen MR) is 69.5 cm³/mol. The number of carbonyl (C=O) groups is 1. The number of carbonyl (C=O) groups excluding carboxylic acids is 1. The molecule has 1 aliphatic rings. The fraction of sp³-hybridized carbons (Fsp3) is 0.500. The van der Waals surface area contributed by atoms with Gasteiger partial charge in [-0.15, -0.1) is 0 Å². The van der Waals surface area contributed by atoms with Crippen molar-refractivity contribution in [2.24, 2.45) is 5.41 Å². The van der Waals surface area contributed by atoms with Crippen molar-refractivity contribution in [1.29, 1.82) is 0 Å². The molecule has 0 aliphatic heterocycles. The lowest BCUT2D eigenvalue weighted by Gasteiger charge is -2.47. The Balaban J connectivity index is 2.33. The molecule has 0 amide bonds. The van der Waals surface area contributed by atoms with E-state index in [0.29, 0.717) is 11.7 Å². The molecule has 0 saturated heterocycles. The van der Waals surface area contributed by atoms with E-state index in [4.69, 9.17) is 0 Å². The molecule has 2 heteroatoms. The summed E-state index contributed by atoms with van der Waals surface area (Å²) in [6.07, 6.45) is 2.64. The molecule has 16 heavy (non-hydrogen) atoms. The van der Waals surface area contributed by atoms with Gasteiger partial charge >= 0.3 is 0 Å². The number of benzene rings is 1. The molecule has 1 nitrogen and oxygen atoms in total. The zero-order valence-electron chi connectivity index (χ0n) is 9.79. The number of rotatable bonds is 3. The molecule has 0 aromatic heterocycles. The molecule has 0 spiro atoms. The molecule has 0 radical (unpaired) electrons. The number of hydrogen-bond acceptors (Lipinski definition) is 1. The van der Waals surface area contributed by atoms with Gasteiger partial charge < -0.3 is 0 Å². The Kier molecular flexibility index (Phi) is 3.20. The molecule has 1 aliphatic carbocycles. The van der Waals surface area contributed by atoms with Crippen LogP contribution < -0.4 is 0 Å². The van der Waals surface area contributed by atoms with Gasteiger partial charge in [0.1, 0.15) is 5.78 Å². The van der Waals surface area contributed by atoms with Gasteiger partial charge in [0.05, 0.1) is 0 Å². The molecule has 1 saturated carbocycles. The Morgan fingerprint density at radius 2 is 2.06 bits per heavy atom. The second-order valence-corrected chi connectivity index (χ2v) is 5.51. The van der Waals surface area contributed by atoms with Gasteiger partial charge in [-0.25, -0.2) is 0 Å². The predicted octanol–water partition coefficient (Wildman–Crippen LogP) is 4.31. The Labute approximate surface area is 105 Å². The van der Waals surface area contributed by atoms with Crippen molar-refractivity contribution in [2.75, 3.05) is 0 Å². The van der Waals surface area contributed by atoms with Gasteiger partial charge in [-0.3, -0.25) is 4.79 Å². The van der Waals surface area contributed by atoms with Crippen LogP contribution in [0.5, 0.6) is 0 Å². The number of hydrogen-bond donors (Lipinski definition) is 0. The highest BCUT2D eigenvalue weighted by molar-refractivity contribution is 9.10. The zero-order valence-corrected chi connectivity index (χ0v) is 11.4. The van der Waals surface area contributed by atoms with Crippen LogP contribution in [0.25, 0.3) is 0 Å². The minimum Gasteiger partial charge on any atom is -0.299 e. The minimum atomic E-state index is -0.0825. The van der Waals surface area contributed by atoms with Crippen molar-refractivity contribution in [3.8, 4) is 0 Å². The van der Waals surface area contributed by atoms with Crippen LogP contribution in [0.4, 0.5) is 0 Å².